The normalized spacial score (nSPS) is 24.8. The molecule has 1 aliphatic heterocycles. The summed E-state index contributed by atoms with van der Waals surface area (Å²) in [5, 5.41) is 0. The minimum absolute atomic E-state index is 0.0407. The molecule has 4 rings (SSSR count). The van der Waals surface area contributed by atoms with Crippen molar-refractivity contribution in [3.05, 3.63) is 48.5 Å². The zero-order valence-corrected chi connectivity index (χ0v) is 18.7. The van der Waals surface area contributed by atoms with Gasteiger partial charge >= 0.3 is 6.09 Å². The number of pyridine rings is 2. The molecule has 2 aliphatic rings. The highest BCUT2D eigenvalue weighted by molar-refractivity contribution is 5.69. The summed E-state index contributed by atoms with van der Waals surface area (Å²) in [6, 6.07) is 5.90. The molecule has 2 fully saturated rings. The van der Waals surface area contributed by atoms with Crippen LogP contribution in [-0.2, 0) is 4.74 Å². The van der Waals surface area contributed by atoms with Crippen molar-refractivity contribution < 1.29 is 19.0 Å². The lowest BCUT2D eigenvalue weighted by atomic mass is 10.1. The van der Waals surface area contributed by atoms with E-state index in [1.807, 2.05) is 39.1 Å². The predicted octanol–water partition coefficient (Wildman–Crippen LogP) is 4.29. The Morgan fingerprint density at radius 2 is 1.90 bits per heavy atom. The molecule has 3 unspecified atom stereocenters. The van der Waals surface area contributed by atoms with E-state index in [4.69, 9.17) is 14.2 Å². The molecule has 0 radical (unpaired) electrons. The molecular weight excluding hydrogens is 394 g/mol. The number of likely N-dealkylation sites (tertiary alicyclic amines) is 1. The molecule has 3 heterocycles. The van der Waals surface area contributed by atoms with Crippen LogP contribution in [0.3, 0.4) is 0 Å². The number of amides is 1. The van der Waals surface area contributed by atoms with Crippen molar-refractivity contribution in [2.24, 2.45) is 11.8 Å². The van der Waals surface area contributed by atoms with Gasteiger partial charge in [0.05, 0.1) is 25.0 Å². The maximum absolute atomic E-state index is 12.3. The summed E-state index contributed by atoms with van der Waals surface area (Å²) >= 11 is 0. The summed E-state index contributed by atoms with van der Waals surface area (Å²) in [7, 11) is 0. The molecule has 7 nitrogen and oxygen atoms in total. The number of ether oxygens (including phenoxy) is 3. The van der Waals surface area contributed by atoms with Crippen LogP contribution in [0.1, 0.15) is 45.6 Å². The zero-order valence-electron chi connectivity index (χ0n) is 18.7. The number of hydrogen-bond acceptors (Lipinski definition) is 6. The summed E-state index contributed by atoms with van der Waals surface area (Å²) in [4.78, 5) is 22.5. The number of rotatable bonds is 7. The Bertz CT molecular complexity index is 899. The van der Waals surface area contributed by atoms with Gasteiger partial charge in [0.1, 0.15) is 23.7 Å². The lowest BCUT2D eigenvalue weighted by Crippen LogP contribution is -2.55. The van der Waals surface area contributed by atoms with Crippen molar-refractivity contribution in [1.29, 1.82) is 0 Å². The monoisotopic (exact) mass is 425 g/mol. The summed E-state index contributed by atoms with van der Waals surface area (Å²) in [6.45, 7) is 9.68. The summed E-state index contributed by atoms with van der Waals surface area (Å²) < 4.78 is 17.3. The van der Waals surface area contributed by atoms with Gasteiger partial charge in [0, 0.05) is 24.9 Å². The lowest BCUT2D eigenvalue weighted by Gasteiger charge is -2.40. The highest BCUT2D eigenvalue weighted by atomic mass is 16.6. The standard InChI is InChI=1S/C24H31N3O4/c1-16-21(15-30-19-6-5-8-25-12-19)22(16)17-10-20(13-26-11-17)29-14-18-7-9-27(18)23(28)31-24(2,3)4/h5-6,8,10-13,16,18,21-22H,7,9,14-15H2,1-4H3/t16-,18?,21?,22?/m0/s1. The SMILES string of the molecule is C[C@H]1C(COc2cccnc2)C1c1cncc(OCC2CCN2C(=O)OC(C)(C)C)c1. The Balaban J connectivity index is 1.28. The fourth-order valence-corrected chi connectivity index (χ4v) is 4.04. The van der Waals surface area contributed by atoms with Crippen LogP contribution in [0.25, 0.3) is 0 Å². The van der Waals surface area contributed by atoms with Gasteiger partial charge in [0.2, 0.25) is 0 Å². The molecular formula is C24H31N3O4. The number of carbonyl (C=O) groups excluding carboxylic acids is 1. The fraction of sp³-hybridized carbons (Fsp3) is 0.542. The van der Waals surface area contributed by atoms with Crippen LogP contribution >= 0.6 is 0 Å². The smallest absolute Gasteiger partial charge is 0.410 e. The van der Waals surface area contributed by atoms with Gasteiger partial charge in [0.15, 0.2) is 0 Å². The maximum atomic E-state index is 12.3. The van der Waals surface area contributed by atoms with Crippen LogP contribution in [0.15, 0.2) is 43.0 Å². The minimum atomic E-state index is -0.492. The Hall–Kier alpha value is -2.83. The maximum Gasteiger partial charge on any atom is 0.410 e. The molecule has 2 aromatic heterocycles. The van der Waals surface area contributed by atoms with Crippen LogP contribution < -0.4 is 9.47 Å². The van der Waals surface area contributed by atoms with Gasteiger partial charge in [-0.3, -0.25) is 9.97 Å². The molecule has 0 spiro atoms. The summed E-state index contributed by atoms with van der Waals surface area (Å²) in [5.41, 5.74) is 0.677. The second kappa shape index (κ2) is 8.73. The molecule has 1 saturated carbocycles. The summed E-state index contributed by atoms with van der Waals surface area (Å²) in [6.07, 6.45) is 7.76. The molecule has 166 valence electrons. The van der Waals surface area contributed by atoms with Crippen molar-refractivity contribution in [2.45, 2.75) is 51.7 Å². The highest BCUT2D eigenvalue weighted by Crippen LogP contribution is 2.53. The Labute approximate surface area is 183 Å². The van der Waals surface area contributed by atoms with Crippen molar-refractivity contribution >= 4 is 6.09 Å². The van der Waals surface area contributed by atoms with E-state index in [0.29, 0.717) is 37.5 Å². The third kappa shape index (κ3) is 5.27. The molecule has 1 saturated heterocycles. The van der Waals surface area contributed by atoms with E-state index in [9.17, 15) is 4.79 Å². The third-order valence-electron chi connectivity index (χ3n) is 5.97. The number of aromatic nitrogens is 2. The quantitative estimate of drug-likeness (QED) is 0.659. The predicted molar refractivity (Wildman–Crippen MR) is 116 cm³/mol. The molecule has 7 heteroatoms. The van der Waals surface area contributed by atoms with Gasteiger partial charge in [-0.15, -0.1) is 0 Å². The zero-order chi connectivity index (χ0) is 22.0. The van der Waals surface area contributed by atoms with E-state index < -0.39 is 5.60 Å². The van der Waals surface area contributed by atoms with Gasteiger partial charge in [-0.05, 0) is 62.8 Å². The molecule has 2 aromatic rings. The van der Waals surface area contributed by atoms with E-state index in [-0.39, 0.29) is 12.1 Å². The first-order chi connectivity index (χ1) is 14.8. The molecule has 31 heavy (non-hydrogen) atoms. The van der Waals surface area contributed by atoms with Crippen LogP contribution in [0.4, 0.5) is 4.79 Å². The van der Waals surface area contributed by atoms with Crippen molar-refractivity contribution in [2.75, 3.05) is 19.8 Å². The van der Waals surface area contributed by atoms with Gasteiger partial charge in [-0.1, -0.05) is 6.92 Å². The van der Waals surface area contributed by atoms with E-state index in [2.05, 4.69) is 23.0 Å². The fourth-order valence-electron chi connectivity index (χ4n) is 4.04. The van der Waals surface area contributed by atoms with Gasteiger partial charge in [0.25, 0.3) is 0 Å². The van der Waals surface area contributed by atoms with Gasteiger partial charge in [-0.25, -0.2) is 4.79 Å². The average molecular weight is 426 g/mol. The second-order valence-corrected chi connectivity index (χ2v) is 9.43. The van der Waals surface area contributed by atoms with Crippen LogP contribution in [0, 0.1) is 11.8 Å². The molecule has 4 atom stereocenters. The highest BCUT2D eigenvalue weighted by Gasteiger charge is 2.48. The first kappa shape index (κ1) is 21.4. The molecule has 0 bridgehead atoms. The van der Waals surface area contributed by atoms with E-state index in [1.165, 1.54) is 5.56 Å². The van der Waals surface area contributed by atoms with Crippen molar-refractivity contribution in [3.63, 3.8) is 0 Å². The number of nitrogens with zero attached hydrogens (tertiary/aromatic N) is 3. The topological polar surface area (TPSA) is 73.8 Å². The third-order valence-corrected chi connectivity index (χ3v) is 5.97. The number of hydrogen-bond donors (Lipinski definition) is 0. The first-order valence-corrected chi connectivity index (χ1v) is 10.9. The van der Waals surface area contributed by atoms with Gasteiger partial charge < -0.3 is 19.1 Å². The Kier molecular flexibility index (Phi) is 6.03. The Morgan fingerprint density at radius 1 is 1.13 bits per heavy atom. The van der Waals surface area contributed by atoms with E-state index in [1.54, 1.807) is 23.5 Å². The van der Waals surface area contributed by atoms with Crippen molar-refractivity contribution in [1.82, 2.24) is 14.9 Å². The van der Waals surface area contributed by atoms with Crippen LogP contribution in [0.5, 0.6) is 11.5 Å². The van der Waals surface area contributed by atoms with Gasteiger partial charge in [-0.2, -0.15) is 0 Å². The molecule has 0 N–H and O–H groups in total. The molecule has 1 aliphatic carbocycles. The van der Waals surface area contributed by atoms with Crippen molar-refractivity contribution in [3.8, 4) is 11.5 Å². The molecule has 0 aromatic carbocycles. The van der Waals surface area contributed by atoms with Crippen LogP contribution in [-0.4, -0.2) is 52.4 Å². The summed E-state index contributed by atoms with van der Waals surface area (Å²) in [5.74, 6) is 2.93. The molecule has 1 amide bonds. The van der Waals surface area contributed by atoms with E-state index >= 15 is 0 Å². The second-order valence-electron chi connectivity index (χ2n) is 9.43. The van der Waals surface area contributed by atoms with Crippen LogP contribution in [0.2, 0.25) is 0 Å². The Morgan fingerprint density at radius 3 is 2.58 bits per heavy atom. The largest absolute Gasteiger partial charge is 0.492 e. The average Bonchev–Trinajstić information content (AvgIpc) is 3.34. The first-order valence-electron chi connectivity index (χ1n) is 10.9. The number of carbonyl (C=O) groups is 1. The minimum Gasteiger partial charge on any atom is -0.492 e. The van der Waals surface area contributed by atoms with E-state index in [0.717, 1.165) is 17.9 Å². The lowest BCUT2D eigenvalue weighted by molar-refractivity contribution is -0.0141.